The predicted molar refractivity (Wildman–Crippen MR) is 231 cm³/mol. The Labute approximate surface area is 328 Å². The Bertz CT molecular complexity index is 2400. The molecular formula is C54H53N. The summed E-state index contributed by atoms with van der Waals surface area (Å²) in [7, 11) is 0. The zero-order valence-electron chi connectivity index (χ0n) is 33.0. The van der Waals surface area contributed by atoms with Crippen molar-refractivity contribution in [3.8, 4) is 33.4 Å². The van der Waals surface area contributed by atoms with Crippen molar-refractivity contribution in [2.45, 2.75) is 88.9 Å². The van der Waals surface area contributed by atoms with Gasteiger partial charge < -0.3 is 4.90 Å². The van der Waals surface area contributed by atoms with Crippen LogP contribution in [-0.4, -0.2) is 0 Å². The Kier molecular flexibility index (Phi) is 7.34. The van der Waals surface area contributed by atoms with Crippen molar-refractivity contribution in [2.24, 2.45) is 23.7 Å². The molecule has 6 aliphatic rings. The molecule has 0 amide bonds. The maximum Gasteiger partial charge on any atom is 0.0464 e. The minimum absolute atomic E-state index is 0.134. The molecule has 1 heteroatoms. The first-order valence-corrected chi connectivity index (χ1v) is 21.1. The van der Waals surface area contributed by atoms with Gasteiger partial charge >= 0.3 is 0 Å². The normalized spacial score (nSPS) is 26.0. The molecule has 0 atom stereocenters. The first kappa shape index (κ1) is 33.5. The molecule has 0 saturated heterocycles. The van der Waals surface area contributed by atoms with Crippen molar-refractivity contribution >= 4 is 17.1 Å². The second-order valence-corrected chi connectivity index (χ2v) is 19.3. The Balaban J connectivity index is 0.989. The lowest BCUT2D eigenvalue weighted by molar-refractivity contribution is -0.0399. The van der Waals surface area contributed by atoms with Gasteiger partial charge in [-0.15, -0.1) is 0 Å². The Morgan fingerprint density at radius 2 is 0.891 bits per heavy atom. The highest BCUT2D eigenvalue weighted by molar-refractivity contribution is 5.86. The van der Waals surface area contributed by atoms with Crippen molar-refractivity contribution in [3.05, 3.63) is 162 Å². The standard InChI is InChI=1S/C54H53N/c1-52(2)26-27-53(3,4)51-34-45(23-25-50(51)52)55(43-19-14-38(15-20-43)37-10-6-5-7-11-37)44-21-16-39(17-22-44)40-18-24-49-47(33-40)46-12-8-9-13-48(46)54(49)41-29-35-28-36(31-41)32-42(54)30-35/h5-25,33-36,41-42H,26-32H2,1-4H3. The summed E-state index contributed by atoms with van der Waals surface area (Å²) in [4.78, 5) is 2.46. The summed E-state index contributed by atoms with van der Waals surface area (Å²) in [6, 6.07) is 53.5. The highest BCUT2D eigenvalue weighted by atomic mass is 15.1. The molecule has 274 valence electrons. The van der Waals surface area contributed by atoms with Crippen LogP contribution in [0.2, 0.25) is 0 Å². The van der Waals surface area contributed by atoms with Crippen LogP contribution in [0.3, 0.4) is 0 Å². The fourth-order valence-corrected chi connectivity index (χ4v) is 12.7. The summed E-state index contributed by atoms with van der Waals surface area (Å²) in [6.45, 7) is 9.69. The third-order valence-electron chi connectivity index (χ3n) is 15.3. The Morgan fingerprint density at radius 3 is 1.55 bits per heavy atom. The number of hydrogen-bond donors (Lipinski definition) is 0. The second-order valence-electron chi connectivity index (χ2n) is 19.3. The maximum absolute atomic E-state index is 2.55. The quantitative estimate of drug-likeness (QED) is 0.172. The molecule has 4 saturated carbocycles. The molecule has 0 N–H and O–H groups in total. The highest BCUT2D eigenvalue weighted by Gasteiger charge is 2.61. The van der Waals surface area contributed by atoms with E-state index in [1.54, 1.807) is 11.1 Å². The van der Waals surface area contributed by atoms with Gasteiger partial charge in [0.25, 0.3) is 0 Å². The van der Waals surface area contributed by atoms with Crippen LogP contribution >= 0.6 is 0 Å². The van der Waals surface area contributed by atoms with E-state index in [0.29, 0.717) is 0 Å². The monoisotopic (exact) mass is 715 g/mol. The first-order valence-electron chi connectivity index (χ1n) is 21.1. The summed E-state index contributed by atoms with van der Waals surface area (Å²) >= 11 is 0. The fourth-order valence-electron chi connectivity index (χ4n) is 12.7. The van der Waals surface area contributed by atoms with Gasteiger partial charge in [-0.25, -0.2) is 0 Å². The Morgan fingerprint density at radius 1 is 0.400 bits per heavy atom. The van der Waals surface area contributed by atoms with E-state index in [9.17, 15) is 0 Å². The molecule has 4 bridgehead atoms. The van der Waals surface area contributed by atoms with Crippen molar-refractivity contribution in [2.75, 3.05) is 4.90 Å². The number of rotatable bonds is 5. The van der Waals surface area contributed by atoms with E-state index in [0.717, 1.165) is 23.7 Å². The summed E-state index contributed by atoms with van der Waals surface area (Å²) in [6.07, 6.45) is 9.61. The minimum atomic E-state index is 0.134. The van der Waals surface area contributed by atoms with Crippen LogP contribution in [0.1, 0.15) is 94.9 Å². The number of benzene rings is 6. The van der Waals surface area contributed by atoms with Crippen LogP contribution in [-0.2, 0) is 16.2 Å². The van der Waals surface area contributed by atoms with E-state index in [-0.39, 0.29) is 16.2 Å². The number of anilines is 3. The molecule has 0 unspecified atom stereocenters. The van der Waals surface area contributed by atoms with Crippen LogP contribution < -0.4 is 4.90 Å². The summed E-state index contributed by atoms with van der Waals surface area (Å²) in [5, 5.41) is 0. The SMILES string of the molecule is CC1(C)CCC(C)(C)c2cc(N(c3ccc(-c4ccccc4)cc3)c3ccc(-c4ccc5c(c4)-c4ccccc4C54C5CC6CC(C5)CC4C6)cc3)ccc21. The van der Waals surface area contributed by atoms with Gasteiger partial charge in [-0.2, -0.15) is 0 Å². The van der Waals surface area contributed by atoms with Gasteiger partial charge in [0, 0.05) is 22.5 Å². The van der Waals surface area contributed by atoms with E-state index in [4.69, 9.17) is 0 Å². The molecule has 0 aromatic heterocycles. The van der Waals surface area contributed by atoms with Gasteiger partial charge in [0.2, 0.25) is 0 Å². The molecule has 0 aliphatic heterocycles. The predicted octanol–water partition coefficient (Wildman–Crippen LogP) is 14.6. The minimum Gasteiger partial charge on any atom is -0.310 e. The lowest BCUT2D eigenvalue weighted by Crippen LogP contribution is -2.55. The van der Waals surface area contributed by atoms with Crippen molar-refractivity contribution in [3.63, 3.8) is 0 Å². The van der Waals surface area contributed by atoms with Gasteiger partial charge in [0.1, 0.15) is 0 Å². The average Bonchev–Trinajstić information content (AvgIpc) is 3.50. The molecule has 1 nitrogen and oxygen atoms in total. The van der Waals surface area contributed by atoms with Gasteiger partial charge in [0.05, 0.1) is 0 Å². The van der Waals surface area contributed by atoms with Crippen LogP contribution in [0, 0.1) is 23.7 Å². The van der Waals surface area contributed by atoms with Gasteiger partial charge in [0.15, 0.2) is 0 Å². The molecule has 12 rings (SSSR count). The fraction of sp³-hybridized carbons (Fsp3) is 0.333. The zero-order chi connectivity index (χ0) is 37.1. The number of hydrogen-bond acceptors (Lipinski definition) is 1. The second kappa shape index (κ2) is 12.1. The van der Waals surface area contributed by atoms with Crippen LogP contribution in [0.25, 0.3) is 33.4 Å². The first-order chi connectivity index (χ1) is 26.7. The van der Waals surface area contributed by atoms with Gasteiger partial charge in [-0.3, -0.25) is 0 Å². The third-order valence-corrected chi connectivity index (χ3v) is 15.3. The molecule has 0 heterocycles. The number of fused-ring (bicyclic) bond motifs is 4. The van der Waals surface area contributed by atoms with E-state index in [1.165, 1.54) is 107 Å². The van der Waals surface area contributed by atoms with Crippen molar-refractivity contribution < 1.29 is 0 Å². The summed E-state index contributed by atoms with van der Waals surface area (Å²) in [5.41, 5.74) is 18.4. The molecular weight excluding hydrogens is 663 g/mol. The topological polar surface area (TPSA) is 3.24 Å². The van der Waals surface area contributed by atoms with Crippen LogP contribution in [0.5, 0.6) is 0 Å². The van der Waals surface area contributed by atoms with Crippen molar-refractivity contribution in [1.82, 2.24) is 0 Å². The molecule has 55 heavy (non-hydrogen) atoms. The molecule has 1 spiro atoms. The summed E-state index contributed by atoms with van der Waals surface area (Å²) in [5.74, 6) is 3.51. The largest absolute Gasteiger partial charge is 0.310 e. The van der Waals surface area contributed by atoms with E-state index < -0.39 is 0 Å². The Hall–Kier alpha value is -4.88. The molecule has 6 aromatic carbocycles. The third kappa shape index (κ3) is 5.04. The lowest BCUT2D eigenvalue weighted by atomic mass is 9.43. The zero-order valence-corrected chi connectivity index (χ0v) is 33.0. The number of nitrogens with zero attached hydrogens (tertiary/aromatic N) is 1. The van der Waals surface area contributed by atoms with E-state index in [2.05, 4.69) is 172 Å². The van der Waals surface area contributed by atoms with E-state index in [1.807, 2.05) is 0 Å². The van der Waals surface area contributed by atoms with Crippen molar-refractivity contribution in [1.29, 1.82) is 0 Å². The molecule has 0 radical (unpaired) electrons. The molecule has 6 aromatic rings. The van der Waals surface area contributed by atoms with Gasteiger partial charge in [-0.05, 0) is 178 Å². The highest BCUT2D eigenvalue weighted by Crippen LogP contribution is 2.69. The van der Waals surface area contributed by atoms with Crippen LogP contribution in [0.4, 0.5) is 17.1 Å². The smallest absolute Gasteiger partial charge is 0.0464 e. The van der Waals surface area contributed by atoms with Gasteiger partial charge in [-0.1, -0.05) is 125 Å². The summed E-state index contributed by atoms with van der Waals surface area (Å²) < 4.78 is 0. The van der Waals surface area contributed by atoms with Crippen LogP contribution in [0.15, 0.2) is 140 Å². The average molecular weight is 716 g/mol. The van der Waals surface area contributed by atoms with E-state index >= 15 is 0 Å². The maximum atomic E-state index is 2.55. The molecule has 6 aliphatic carbocycles. The lowest BCUT2D eigenvalue weighted by Gasteiger charge is -2.61. The molecule has 4 fully saturated rings.